The lowest BCUT2D eigenvalue weighted by Crippen LogP contribution is -2.44. The second-order valence-electron chi connectivity index (χ2n) is 6.70. The maximum Gasteiger partial charge on any atom is 0.340 e. The first-order chi connectivity index (χ1) is 14.6. The Hall–Kier alpha value is -3.10. The van der Waals surface area contributed by atoms with Gasteiger partial charge < -0.3 is 24.3 Å². The van der Waals surface area contributed by atoms with Gasteiger partial charge in [-0.15, -0.1) is 0 Å². The number of nitrogens with one attached hydrogen (secondary N) is 1. The van der Waals surface area contributed by atoms with Crippen LogP contribution in [0.4, 0.5) is 5.69 Å². The molecule has 1 heterocycles. The molecule has 2 aromatic rings. The Morgan fingerprint density at radius 3 is 2.23 bits per heavy atom. The number of esters is 1. The standard InChI is InChI=1S/C22H26N2O6/c1-27-18-13-16(22(26)29-3)17(14-19(18)28-2)23-21(25)20(15-7-5-4-6-8-15)24-9-11-30-12-10-24/h4-8,13-14,20H,9-12H2,1-3H3,(H,23,25). The number of carbonyl (C=O) groups excluding carboxylic acids is 2. The molecule has 1 aliphatic heterocycles. The Bertz CT molecular complexity index is 881. The van der Waals surface area contributed by atoms with E-state index in [1.165, 1.54) is 27.4 Å². The van der Waals surface area contributed by atoms with E-state index in [9.17, 15) is 9.59 Å². The highest BCUT2D eigenvalue weighted by molar-refractivity contribution is 6.03. The van der Waals surface area contributed by atoms with E-state index in [1.807, 2.05) is 30.3 Å². The smallest absolute Gasteiger partial charge is 0.340 e. The minimum Gasteiger partial charge on any atom is -0.493 e. The number of morpholine rings is 1. The Morgan fingerprint density at radius 1 is 1.00 bits per heavy atom. The Labute approximate surface area is 175 Å². The van der Waals surface area contributed by atoms with Crippen LogP contribution in [0.25, 0.3) is 0 Å². The summed E-state index contributed by atoms with van der Waals surface area (Å²) in [5, 5.41) is 2.89. The van der Waals surface area contributed by atoms with Gasteiger partial charge in [-0.05, 0) is 5.56 Å². The number of ether oxygens (including phenoxy) is 4. The van der Waals surface area contributed by atoms with Crippen LogP contribution in [0, 0.1) is 0 Å². The van der Waals surface area contributed by atoms with Crippen molar-refractivity contribution in [2.45, 2.75) is 6.04 Å². The van der Waals surface area contributed by atoms with Gasteiger partial charge in [0.25, 0.3) is 0 Å². The van der Waals surface area contributed by atoms with E-state index in [4.69, 9.17) is 18.9 Å². The molecule has 0 spiro atoms. The number of rotatable bonds is 7. The number of amides is 1. The molecule has 0 aliphatic carbocycles. The quantitative estimate of drug-likeness (QED) is 0.697. The molecular formula is C22H26N2O6. The first kappa shape index (κ1) is 21.6. The Kier molecular flexibility index (Phi) is 7.26. The summed E-state index contributed by atoms with van der Waals surface area (Å²) >= 11 is 0. The number of benzene rings is 2. The molecule has 2 aromatic carbocycles. The lowest BCUT2D eigenvalue weighted by atomic mass is 10.0. The molecule has 1 saturated heterocycles. The van der Waals surface area contributed by atoms with Crippen molar-refractivity contribution >= 4 is 17.6 Å². The first-order valence-corrected chi connectivity index (χ1v) is 9.61. The highest BCUT2D eigenvalue weighted by Gasteiger charge is 2.30. The van der Waals surface area contributed by atoms with Crippen LogP contribution >= 0.6 is 0 Å². The summed E-state index contributed by atoms with van der Waals surface area (Å²) in [7, 11) is 4.24. The Morgan fingerprint density at radius 2 is 1.63 bits per heavy atom. The number of methoxy groups -OCH3 is 3. The monoisotopic (exact) mass is 414 g/mol. The molecule has 8 nitrogen and oxygen atoms in total. The van der Waals surface area contributed by atoms with Crippen LogP contribution in [0.1, 0.15) is 22.0 Å². The SMILES string of the molecule is COC(=O)c1cc(OC)c(OC)cc1NC(=O)C(c1ccccc1)N1CCOCC1. The van der Waals surface area contributed by atoms with Crippen LogP contribution in [0.15, 0.2) is 42.5 Å². The topological polar surface area (TPSA) is 86.3 Å². The number of carbonyl (C=O) groups is 2. The summed E-state index contributed by atoms with van der Waals surface area (Å²) in [6.07, 6.45) is 0. The van der Waals surface area contributed by atoms with Crippen LogP contribution in [0.2, 0.25) is 0 Å². The lowest BCUT2D eigenvalue weighted by Gasteiger charge is -2.34. The first-order valence-electron chi connectivity index (χ1n) is 9.61. The molecule has 0 bridgehead atoms. The fourth-order valence-corrected chi connectivity index (χ4v) is 3.46. The third kappa shape index (κ3) is 4.72. The van der Waals surface area contributed by atoms with Crippen molar-refractivity contribution in [3.05, 3.63) is 53.6 Å². The highest BCUT2D eigenvalue weighted by Crippen LogP contribution is 2.34. The summed E-state index contributed by atoms with van der Waals surface area (Å²) in [5.41, 5.74) is 1.33. The summed E-state index contributed by atoms with van der Waals surface area (Å²) in [6.45, 7) is 2.37. The van der Waals surface area contributed by atoms with Gasteiger partial charge in [0.1, 0.15) is 6.04 Å². The molecule has 8 heteroatoms. The number of hydrogen-bond donors (Lipinski definition) is 1. The molecular weight excluding hydrogens is 388 g/mol. The molecule has 1 fully saturated rings. The molecule has 0 saturated carbocycles. The van der Waals surface area contributed by atoms with Crippen molar-refractivity contribution in [2.75, 3.05) is 52.9 Å². The van der Waals surface area contributed by atoms with E-state index >= 15 is 0 Å². The summed E-state index contributed by atoms with van der Waals surface area (Å²) < 4.78 is 20.9. The van der Waals surface area contributed by atoms with Gasteiger partial charge >= 0.3 is 5.97 Å². The molecule has 160 valence electrons. The van der Waals surface area contributed by atoms with Gasteiger partial charge in [0, 0.05) is 25.2 Å². The predicted molar refractivity (Wildman–Crippen MR) is 111 cm³/mol. The van der Waals surface area contributed by atoms with E-state index in [0.29, 0.717) is 43.5 Å². The molecule has 0 aromatic heterocycles. The summed E-state index contributed by atoms with van der Waals surface area (Å²) in [5.74, 6) is -0.0962. The Balaban J connectivity index is 1.97. The second kappa shape index (κ2) is 10.1. The van der Waals surface area contributed by atoms with E-state index in [0.717, 1.165) is 5.56 Å². The molecule has 30 heavy (non-hydrogen) atoms. The van der Waals surface area contributed by atoms with Gasteiger partial charge in [-0.25, -0.2) is 4.79 Å². The van der Waals surface area contributed by atoms with E-state index < -0.39 is 12.0 Å². The fourth-order valence-electron chi connectivity index (χ4n) is 3.46. The summed E-state index contributed by atoms with van der Waals surface area (Å²) in [4.78, 5) is 27.8. The fraction of sp³-hybridized carbons (Fsp3) is 0.364. The van der Waals surface area contributed by atoms with Crippen molar-refractivity contribution < 1.29 is 28.5 Å². The van der Waals surface area contributed by atoms with Gasteiger partial charge in [0.2, 0.25) is 5.91 Å². The van der Waals surface area contributed by atoms with Crippen molar-refractivity contribution in [1.29, 1.82) is 0 Å². The maximum absolute atomic E-state index is 13.4. The average molecular weight is 414 g/mol. The van der Waals surface area contributed by atoms with Crippen molar-refractivity contribution in [2.24, 2.45) is 0 Å². The van der Waals surface area contributed by atoms with Crippen molar-refractivity contribution in [3.63, 3.8) is 0 Å². The third-order valence-electron chi connectivity index (χ3n) is 4.96. The van der Waals surface area contributed by atoms with E-state index in [2.05, 4.69) is 10.2 Å². The van der Waals surface area contributed by atoms with E-state index in [-0.39, 0.29) is 11.5 Å². The molecule has 1 N–H and O–H groups in total. The highest BCUT2D eigenvalue weighted by atomic mass is 16.5. The zero-order chi connectivity index (χ0) is 21.5. The van der Waals surface area contributed by atoms with Crippen LogP contribution < -0.4 is 14.8 Å². The molecule has 1 aliphatic rings. The number of anilines is 1. The van der Waals surface area contributed by atoms with Crippen LogP contribution in [0.3, 0.4) is 0 Å². The third-order valence-corrected chi connectivity index (χ3v) is 4.96. The second-order valence-corrected chi connectivity index (χ2v) is 6.70. The molecule has 3 rings (SSSR count). The number of hydrogen-bond acceptors (Lipinski definition) is 7. The maximum atomic E-state index is 13.4. The van der Waals surface area contributed by atoms with Gasteiger partial charge in [-0.1, -0.05) is 30.3 Å². The zero-order valence-corrected chi connectivity index (χ0v) is 17.3. The molecule has 1 atom stereocenters. The normalized spacial score (nSPS) is 15.2. The van der Waals surface area contributed by atoms with Crippen LogP contribution in [-0.2, 0) is 14.3 Å². The van der Waals surface area contributed by atoms with Crippen molar-refractivity contribution in [1.82, 2.24) is 4.90 Å². The van der Waals surface area contributed by atoms with Gasteiger partial charge in [-0.2, -0.15) is 0 Å². The minimum atomic E-state index is -0.589. The number of nitrogens with zero attached hydrogens (tertiary/aromatic N) is 1. The van der Waals surface area contributed by atoms with Gasteiger partial charge in [-0.3, -0.25) is 9.69 Å². The molecule has 0 radical (unpaired) electrons. The lowest BCUT2D eigenvalue weighted by molar-refractivity contribution is -0.123. The minimum absolute atomic E-state index is 0.178. The van der Waals surface area contributed by atoms with Crippen molar-refractivity contribution in [3.8, 4) is 11.5 Å². The summed E-state index contributed by atoms with van der Waals surface area (Å²) in [6, 6.07) is 12.0. The van der Waals surface area contributed by atoms with Crippen LogP contribution in [-0.4, -0.2) is 64.4 Å². The van der Waals surface area contributed by atoms with Crippen LogP contribution in [0.5, 0.6) is 11.5 Å². The predicted octanol–water partition coefficient (Wildman–Crippen LogP) is 2.50. The van der Waals surface area contributed by atoms with E-state index in [1.54, 1.807) is 6.07 Å². The largest absolute Gasteiger partial charge is 0.493 e. The molecule has 1 unspecified atom stereocenters. The zero-order valence-electron chi connectivity index (χ0n) is 17.3. The molecule has 1 amide bonds. The average Bonchev–Trinajstić information content (AvgIpc) is 2.79. The van der Waals surface area contributed by atoms with Gasteiger partial charge in [0.05, 0.1) is 45.8 Å². The van der Waals surface area contributed by atoms with Gasteiger partial charge in [0.15, 0.2) is 11.5 Å².